The van der Waals surface area contributed by atoms with Crippen molar-refractivity contribution < 1.29 is 52.7 Å². The third-order valence-corrected chi connectivity index (χ3v) is 14.4. The Bertz CT molecular complexity index is 1810. The van der Waals surface area contributed by atoms with E-state index < -0.39 is 11.9 Å². The molecule has 0 amide bonds. The second kappa shape index (κ2) is 34.7. The molecule has 402 valence electrons. The van der Waals surface area contributed by atoms with Gasteiger partial charge in [-0.15, -0.1) is 0 Å². The summed E-state index contributed by atoms with van der Waals surface area (Å²) in [4.78, 5) is 52.0. The molecule has 0 bridgehead atoms. The Kier molecular flexibility index (Phi) is 28.8. The van der Waals surface area contributed by atoms with Crippen molar-refractivity contribution in [3.8, 4) is 23.0 Å². The number of hydrogen-bond acceptors (Lipinski definition) is 12. The third-order valence-electron chi connectivity index (χ3n) is 14.4. The highest BCUT2D eigenvalue weighted by Crippen LogP contribution is 2.42. The number of ether oxygens (including phenoxy) is 6. The van der Waals surface area contributed by atoms with Crippen molar-refractivity contribution in [3.05, 3.63) is 71.8 Å². The lowest BCUT2D eigenvalue weighted by Crippen LogP contribution is -2.32. The van der Waals surface area contributed by atoms with Crippen molar-refractivity contribution >= 4 is 23.9 Å². The summed E-state index contributed by atoms with van der Waals surface area (Å²) in [7, 11) is 0. The number of nitrogens with zero attached hydrogens (tertiary/aromatic N) is 1. The number of rotatable bonds is 36. The summed E-state index contributed by atoms with van der Waals surface area (Å²) in [5, 5.41) is 9.61. The monoisotopic (exact) mass is 1000 g/mol. The molecule has 12 nitrogen and oxygen atoms in total. The highest BCUT2D eigenvalue weighted by Gasteiger charge is 2.26. The number of esters is 4. The molecule has 1 N–H and O–H groups in total. The smallest absolute Gasteiger partial charge is 0.338 e. The number of unbranched alkanes of at least 4 members (excludes halogenated alkanes) is 8. The molecule has 0 aromatic heterocycles. The van der Waals surface area contributed by atoms with E-state index in [2.05, 4.69) is 39.1 Å². The van der Waals surface area contributed by atoms with E-state index in [-0.39, 0.29) is 44.6 Å². The van der Waals surface area contributed by atoms with Crippen LogP contribution in [0.15, 0.2) is 60.7 Å². The molecular formula is C60H91NO11. The highest BCUT2D eigenvalue weighted by molar-refractivity contribution is 5.89. The van der Waals surface area contributed by atoms with Crippen LogP contribution in [0.5, 0.6) is 23.0 Å². The molecule has 0 aliphatic heterocycles. The first kappa shape index (κ1) is 59.9. The summed E-state index contributed by atoms with van der Waals surface area (Å²) in [6, 6.07) is 12.0. The van der Waals surface area contributed by atoms with Gasteiger partial charge in [-0.3, -0.25) is 14.5 Å². The van der Waals surface area contributed by atoms with Crippen LogP contribution in [-0.4, -0.2) is 86.6 Å². The minimum absolute atomic E-state index is 0.0987. The van der Waals surface area contributed by atoms with Gasteiger partial charge in [0.1, 0.15) is 0 Å². The summed E-state index contributed by atoms with van der Waals surface area (Å²) in [6.07, 6.45) is 24.6. The fourth-order valence-electron chi connectivity index (χ4n) is 9.88. The van der Waals surface area contributed by atoms with E-state index >= 15 is 0 Å². The molecule has 2 saturated carbocycles. The van der Waals surface area contributed by atoms with Crippen LogP contribution in [0.3, 0.4) is 0 Å². The normalized spacial score (nSPS) is 17.8. The molecule has 12 heteroatoms. The number of benzene rings is 2. The first-order valence-corrected chi connectivity index (χ1v) is 27.8. The quantitative estimate of drug-likeness (QED) is 0.0300. The lowest BCUT2D eigenvalue weighted by molar-refractivity contribution is -0.144. The Balaban J connectivity index is 1.07. The van der Waals surface area contributed by atoms with Crippen molar-refractivity contribution in [2.75, 3.05) is 52.7 Å². The zero-order valence-corrected chi connectivity index (χ0v) is 44.8. The lowest BCUT2D eigenvalue weighted by Gasteiger charge is -2.29. The molecule has 0 heterocycles. The molecule has 0 spiro atoms. The first-order chi connectivity index (χ1) is 34.9. The molecule has 2 aromatic carbocycles. The Morgan fingerprint density at radius 2 is 0.931 bits per heavy atom. The van der Waals surface area contributed by atoms with Crippen LogP contribution in [0.1, 0.15) is 205 Å². The first-order valence-electron chi connectivity index (χ1n) is 27.8. The molecule has 2 aromatic rings. The van der Waals surface area contributed by atoms with Crippen LogP contribution in [0.2, 0.25) is 0 Å². The third kappa shape index (κ3) is 23.0. The molecule has 0 unspecified atom stereocenters. The number of aliphatic hydroxyl groups is 1. The van der Waals surface area contributed by atoms with Crippen LogP contribution in [-0.2, 0) is 28.7 Å². The molecule has 72 heavy (non-hydrogen) atoms. The number of carbonyl (C=O) groups is 4. The highest BCUT2D eigenvalue weighted by atomic mass is 16.6. The van der Waals surface area contributed by atoms with Gasteiger partial charge in [-0.1, -0.05) is 90.5 Å². The van der Waals surface area contributed by atoms with E-state index in [4.69, 9.17) is 28.4 Å². The maximum Gasteiger partial charge on any atom is 0.338 e. The maximum atomic E-state index is 12.6. The molecule has 0 atom stereocenters. The minimum atomic E-state index is -0.472. The molecule has 0 saturated heterocycles. The van der Waals surface area contributed by atoms with E-state index in [1.54, 1.807) is 13.8 Å². The van der Waals surface area contributed by atoms with Crippen molar-refractivity contribution in [3.63, 3.8) is 0 Å². The van der Waals surface area contributed by atoms with Gasteiger partial charge in [0.2, 0.25) is 0 Å². The average molecular weight is 1000 g/mol. The van der Waals surface area contributed by atoms with Gasteiger partial charge in [-0.2, -0.15) is 0 Å². The van der Waals surface area contributed by atoms with Gasteiger partial charge in [0.25, 0.3) is 0 Å². The Hall–Kier alpha value is -4.68. The van der Waals surface area contributed by atoms with Crippen LogP contribution < -0.4 is 18.9 Å². The van der Waals surface area contributed by atoms with Gasteiger partial charge in [-0.25, -0.2) is 9.59 Å². The van der Waals surface area contributed by atoms with Gasteiger partial charge in [0.05, 0.1) is 45.9 Å². The van der Waals surface area contributed by atoms with Crippen LogP contribution in [0, 0.1) is 11.8 Å². The van der Waals surface area contributed by atoms with E-state index in [1.807, 2.05) is 29.2 Å². The van der Waals surface area contributed by atoms with Crippen molar-refractivity contribution in [2.45, 2.75) is 194 Å². The second-order valence-electron chi connectivity index (χ2n) is 20.5. The van der Waals surface area contributed by atoms with Crippen molar-refractivity contribution in [2.24, 2.45) is 11.8 Å². The van der Waals surface area contributed by atoms with Crippen LogP contribution in [0.25, 0.3) is 0 Å². The van der Waals surface area contributed by atoms with Gasteiger partial charge in [0.15, 0.2) is 23.0 Å². The topological polar surface area (TPSA) is 147 Å². The summed E-state index contributed by atoms with van der Waals surface area (Å²) >= 11 is 0. The molecular weight excluding hydrogens is 911 g/mol. The van der Waals surface area contributed by atoms with Crippen molar-refractivity contribution in [1.29, 1.82) is 0 Å². The largest absolute Gasteiger partial charge is 0.490 e. The summed E-state index contributed by atoms with van der Waals surface area (Å²) < 4.78 is 34.6. The Morgan fingerprint density at radius 3 is 1.31 bits per heavy atom. The lowest BCUT2D eigenvalue weighted by atomic mass is 9.77. The molecule has 2 aliphatic rings. The SMILES string of the molecule is C=C(C)C(=O)Oc1cc(C2CCC(CCCCC)CC2)ccc1OCCCCCOC(=O)CCN(CCO)CCC(=O)OCCCCCOc1ccc(C2CCC(CCCCC)CC2)cc1OC(=O)C(=C)C. The predicted octanol–water partition coefficient (Wildman–Crippen LogP) is 13.3. The van der Waals surface area contributed by atoms with Gasteiger partial charge in [-0.05, 0) is 163 Å². The molecule has 2 aliphatic carbocycles. The van der Waals surface area contributed by atoms with Crippen LogP contribution >= 0.6 is 0 Å². The average Bonchev–Trinajstić information content (AvgIpc) is 3.37. The zero-order valence-electron chi connectivity index (χ0n) is 44.8. The van der Waals surface area contributed by atoms with E-state index in [0.717, 1.165) is 63.2 Å². The maximum absolute atomic E-state index is 12.6. The standard InChI is InChI=1S/C60H91NO11/c1-7-9-13-19-47-21-25-49(26-22-47)51-29-31-53(55(43-51)71-59(65)45(3)4)67-39-15-11-17-41-69-57(63)33-35-61(37-38-62)36-34-58(64)70-42-18-12-16-40-68-54-32-30-52(44-56(54)72-60(66)46(5)6)50-27-23-48(24-28-50)20-14-10-8-2/h29-32,43-44,47-50,62H,3,5,7-28,33-42H2,1-2,4,6H3. The van der Waals surface area contributed by atoms with Gasteiger partial charge >= 0.3 is 23.9 Å². The van der Waals surface area contributed by atoms with E-state index in [1.165, 1.54) is 88.2 Å². The zero-order chi connectivity index (χ0) is 51.9. The molecule has 2 fully saturated rings. The number of hydrogen-bond donors (Lipinski definition) is 1. The molecule has 4 rings (SSSR count). The van der Waals surface area contributed by atoms with Crippen molar-refractivity contribution in [1.82, 2.24) is 4.90 Å². The van der Waals surface area contributed by atoms with E-state index in [9.17, 15) is 24.3 Å². The Labute approximate surface area is 432 Å². The summed E-state index contributed by atoms with van der Waals surface area (Å²) in [5.74, 6) is 2.84. The van der Waals surface area contributed by atoms with Gasteiger partial charge < -0.3 is 33.5 Å². The van der Waals surface area contributed by atoms with E-state index in [0.29, 0.717) is 91.7 Å². The number of carbonyl (C=O) groups excluding carboxylic acids is 4. The fourth-order valence-corrected chi connectivity index (χ4v) is 9.88. The Morgan fingerprint density at radius 1 is 0.528 bits per heavy atom. The number of aliphatic hydroxyl groups excluding tert-OH is 1. The summed E-state index contributed by atoms with van der Waals surface area (Å²) in [6.45, 7) is 17.6. The minimum Gasteiger partial charge on any atom is -0.490 e. The summed E-state index contributed by atoms with van der Waals surface area (Å²) in [5.41, 5.74) is 3.02. The fraction of sp³-hybridized carbons (Fsp3) is 0.667. The predicted molar refractivity (Wildman–Crippen MR) is 285 cm³/mol. The molecule has 0 radical (unpaired) electrons. The van der Waals surface area contributed by atoms with Gasteiger partial charge in [0, 0.05) is 30.8 Å². The second-order valence-corrected chi connectivity index (χ2v) is 20.5. The van der Waals surface area contributed by atoms with Crippen LogP contribution in [0.4, 0.5) is 0 Å².